The fourth-order valence-corrected chi connectivity index (χ4v) is 7.21. The van der Waals surface area contributed by atoms with Gasteiger partial charge in [0.05, 0.1) is 5.92 Å². The average molecular weight is 722 g/mol. The second-order valence-corrected chi connectivity index (χ2v) is 15.7. The zero-order valence-corrected chi connectivity index (χ0v) is 34.3. The van der Waals surface area contributed by atoms with Crippen LogP contribution in [0, 0.1) is 5.92 Å². The highest BCUT2D eigenvalue weighted by Crippen LogP contribution is 2.23. The number of unbranched alkanes of at least 4 members (excludes halogenated alkanes) is 14. The molecule has 1 rings (SSSR count). The van der Waals surface area contributed by atoms with Crippen LogP contribution >= 0.6 is 0 Å². The van der Waals surface area contributed by atoms with Crippen molar-refractivity contribution in [1.82, 2.24) is 4.90 Å². The van der Waals surface area contributed by atoms with E-state index in [1.165, 1.54) is 0 Å². The highest BCUT2D eigenvalue weighted by atomic mass is 16.6. The fourth-order valence-electron chi connectivity index (χ4n) is 7.21. The number of likely N-dealkylation sites (tertiary alicyclic amines) is 1. The van der Waals surface area contributed by atoms with Gasteiger partial charge < -0.3 is 19.1 Å². The van der Waals surface area contributed by atoms with Crippen LogP contribution in [0.4, 0.5) is 0 Å². The van der Waals surface area contributed by atoms with E-state index in [-0.39, 0.29) is 42.1 Å². The van der Waals surface area contributed by atoms with E-state index in [1.807, 2.05) is 0 Å². The number of esters is 3. The van der Waals surface area contributed by atoms with Crippen molar-refractivity contribution < 1.29 is 28.6 Å². The molecule has 7 nitrogen and oxygen atoms in total. The molecule has 0 unspecified atom stereocenters. The molecule has 7 heteroatoms. The molecular formula is C44H83NO6. The van der Waals surface area contributed by atoms with Gasteiger partial charge in [-0.15, -0.1) is 0 Å². The smallest absolute Gasteiger partial charge is 0.309 e. The Morgan fingerprint density at radius 3 is 1.16 bits per heavy atom. The van der Waals surface area contributed by atoms with Gasteiger partial charge in [-0.05, 0) is 97.2 Å². The molecule has 0 aromatic heterocycles. The van der Waals surface area contributed by atoms with Gasteiger partial charge >= 0.3 is 17.9 Å². The highest BCUT2D eigenvalue weighted by molar-refractivity contribution is 5.72. The van der Waals surface area contributed by atoms with Gasteiger partial charge in [-0.2, -0.15) is 0 Å². The van der Waals surface area contributed by atoms with Gasteiger partial charge in [0.2, 0.25) is 0 Å². The lowest BCUT2D eigenvalue weighted by Gasteiger charge is -2.29. The molecule has 0 N–H and O–H groups in total. The van der Waals surface area contributed by atoms with Crippen LogP contribution in [0.3, 0.4) is 0 Å². The van der Waals surface area contributed by atoms with E-state index in [1.54, 1.807) is 0 Å². The molecular weight excluding hydrogens is 638 g/mol. The van der Waals surface area contributed by atoms with E-state index in [4.69, 9.17) is 14.2 Å². The molecule has 0 aromatic rings. The van der Waals surface area contributed by atoms with Crippen LogP contribution in [0.25, 0.3) is 0 Å². The van der Waals surface area contributed by atoms with Crippen molar-refractivity contribution in [3.63, 3.8) is 0 Å². The number of ether oxygens (including phenoxy) is 3. The van der Waals surface area contributed by atoms with Crippen LogP contribution < -0.4 is 0 Å². The monoisotopic (exact) mass is 722 g/mol. The summed E-state index contributed by atoms with van der Waals surface area (Å²) in [6, 6.07) is 0. The normalized spacial score (nSPS) is 14.1. The zero-order valence-electron chi connectivity index (χ0n) is 34.3. The minimum absolute atomic E-state index is 0.0171. The van der Waals surface area contributed by atoms with Crippen molar-refractivity contribution in [2.75, 3.05) is 20.1 Å². The van der Waals surface area contributed by atoms with E-state index in [0.29, 0.717) is 12.8 Å². The Labute approximate surface area is 315 Å². The summed E-state index contributed by atoms with van der Waals surface area (Å²) in [6.45, 7) is 10.7. The van der Waals surface area contributed by atoms with Crippen LogP contribution in [0.5, 0.6) is 0 Å². The van der Waals surface area contributed by atoms with Gasteiger partial charge in [0.1, 0.15) is 18.3 Å². The number of rotatable bonds is 34. The Bertz CT molecular complexity index is 775. The second-order valence-electron chi connectivity index (χ2n) is 15.7. The van der Waals surface area contributed by atoms with Crippen LogP contribution in [0.1, 0.15) is 220 Å². The van der Waals surface area contributed by atoms with Gasteiger partial charge in [-0.25, -0.2) is 0 Å². The van der Waals surface area contributed by atoms with Crippen molar-refractivity contribution in [3.05, 3.63) is 0 Å². The molecule has 0 amide bonds. The van der Waals surface area contributed by atoms with E-state index in [9.17, 15) is 14.4 Å². The van der Waals surface area contributed by atoms with Crippen LogP contribution in [0.2, 0.25) is 0 Å². The number of carbonyl (C=O) groups excluding carboxylic acids is 3. The molecule has 1 aliphatic heterocycles. The fraction of sp³-hybridized carbons (Fsp3) is 0.932. The minimum atomic E-state index is -0.0183. The first-order chi connectivity index (χ1) is 24.8. The van der Waals surface area contributed by atoms with E-state index < -0.39 is 0 Å². The molecule has 1 aliphatic rings. The Morgan fingerprint density at radius 2 is 0.784 bits per heavy atom. The Kier molecular flexibility index (Phi) is 30.6. The third-order valence-electron chi connectivity index (χ3n) is 10.8. The molecule has 0 atom stereocenters. The summed E-state index contributed by atoms with van der Waals surface area (Å²) in [5.41, 5.74) is 0. The summed E-state index contributed by atoms with van der Waals surface area (Å²) < 4.78 is 17.8. The summed E-state index contributed by atoms with van der Waals surface area (Å²) in [7, 11) is 2.12. The second kappa shape index (κ2) is 33.0. The number of nitrogens with zero attached hydrogens (tertiary/aromatic N) is 1. The molecule has 1 fully saturated rings. The molecule has 1 heterocycles. The summed E-state index contributed by atoms with van der Waals surface area (Å²) in [5, 5.41) is 0. The molecule has 0 aromatic carbocycles. The predicted octanol–water partition coefficient (Wildman–Crippen LogP) is 12.1. The largest absolute Gasteiger partial charge is 0.462 e. The van der Waals surface area contributed by atoms with Gasteiger partial charge in [-0.1, -0.05) is 130 Å². The first-order valence-electron chi connectivity index (χ1n) is 22.1. The van der Waals surface area contributed by atoms with Gasteiger partial charge in [0.15, 0.2) is 0 Å². The third kappa shape index (κ3) is 26.7. The number of piperidine rings is 1. The summed E-state index contributed by atoms with van der Waals surface area (Å²) in [6.07, 6.45) is 31.0. The van der Waals surface area contributed by atoms with Crippen molar-refractivity contribution in [2.45, 2.75) is 239 Å². The summed E-state index contributed by atoms with van der Waals surface area (Å²) >= 11 is 0. The molecule has 0 aliphatic carbocycles. The van der Waals surface area contributed by atoms with Gasteiger partial charge in [0.25, 0.3) is 0 Å². The van der Waals surface area contributed by atoms with Crippen molar-refractivity contribution in [3.8, 4) is 0 Å². The molecule has 51 heavy (non-hydrogen) atoms. The zero-order chi connectivity index (χ0) is 37.4. The SMILES string of the molecule is CCCCC(CCCC)OC(=O)CCCCCCCCC(CCCCCCCCC(=O)OC(CCCC)CCCC)OC(=O)C1CCN(C)CC1. The van der Waals surface area contributed by atoms with Crippen molar-refractivity contribution in [2.24, 2.45) is 5.92 Å². The number of hydrogen-bond acceptors (Lipinski definition) is 7. The standard InChI is InChI=1S/C44H83NO6/c1-6-10-26-39(27-11-7-2)49-42(46)32-24-20-16-14-18-22-30-41(51-44(48)38-34-36-45(5)37-35-38)31-23-19-15-17-21-25-33-43(47)50-40(28-12-8-3)29-13-9-4/h38-41H,6-37H2,1-5H3. The molecule has 0 bridgehead atoms. The number of hydrogen-bond donors (Lipinski definition) is 0. The van der Waals surface area contributed by atoms with Crippen molar-refractivity contribution in [1.29, 1.82) is 0 Å². The molecule has 300 valence electrons. The van der Waals surface area contributed by atoms with E-state index >= 15 is 0 Å². The third-order valence-corrected chi connectivity index (χ3v) is 10.8. The highest BCUT2D eigenvalue weighted by Gasteiger charge is 2.27. The Morgan fingerprint density at radius 1 is 0.471 bits per heavy atom. The Hall–Kier alpha value is -1.63. The first-order valence-corrected chi connectivity index (χ1v) is 22.1. The molecule has 0 saturated carbocycles. The van der Waals surface area contributed by atoms with Crippen LogP contribution in [0.15, 0.2) is 0 Å². The lowest BCUT2D eigenvalue weighted by molar-refractivity contribution is -0.156. The quantitative estimate of drug-likeness (QED) is 0.0371. The van der Waals surface area contributed by atoms with Crippen LogP contribution in [-0.2, 0) is 28.6 Å². The number of carbonyl (C=O) groups is 3. The summed E-state index contributed by atoms with van der Waals surface area (Å²) in [4.78, 5) is 40.2. The van der Waals surface area contributed by atoms with Gasteiger partial charge in [0, 0.05) is 12.8 Å². The van der Waals surface area contributed by atoms with E-state index in [2.05, 4.69) is 39.6 Å². The maximum Gasteiger partial charge on any atom is 0.309 e. The molecule has 1 saturated heterocycles. The summed E-state index contributed by atoms with van der Waals surface area (Å²) in [5.74, 6) is 0.0275. The maximum absolute atomic E-state index is 13.1. The first kappa shape index (κ1) is 47.4. The average Bonchev–Trinajstić information content (AvgIpc) is 3.12. The van der Waals surface area contributed by atoms with E-state index in [0.717, 1.165) is 193 Å². The molecule has 0 spiro atoms. The maximum atomic E-state index is 13.1. The lowest BCUT2D eigenvalue weighted by atomic mass is 9.97. The topological polar surface area (TPSA) is 82.1 Å². The molecule has 0 radical (unpaired) electrons. The minimum Gasteiger partial charge on any atom is -0.462 e. The van der Waals surface area contributed by atoms with Gasteiger partial charge in [-0.3, -0.25) is 14.4 Å². The van der Waals surface area contributed by atoms with Crippen molar-refractivity contribution >= 4 is 17.9 Å². The lowest BCUT2D eigenvalue weighted by Crippen LogP contribution is -2.35. The predicted molar refractivity (Wildman–Crippen MR) is 212 cm³/mol. The van der Waals surface area contributed by atoms with Crippen LogP contribution in [-0.4, -0.2) is 61.3 Å². The Balaban J connectivity index is 2.31.